The van der Waals surface area contributed by atoms with E-state index in [2.05, 4.69) is 5.32 Å². The molecule has 118 valence electrons. The van der Waals surface area contributed by atoms with Crippen molar-refractivity contribution >= 4 is 17.3 Å². The van der Waals surface area contributed by atoms with Crippen molar-refractivity contribution in [2.75, 3.05) is 17.0 Å². The highest BCUT2D eigenvalue weighted by atomic mass is 16.8. The minimum Gasteiger partial charge on any atom is -0.769 e. The maximum absolute atomic E-state index is 12.0. The molecule has 0 aliphatic heterocycles. The average Bonchev–Trinajstić information content (AvgIpc) is 2.42. The molecule has 0 saturated heterocycles. The summed E-state index contributed by atoms with van der Waals surface area (Å²) in [6.45, 7) is 3.87. The van der Waals surface area contributed by atoms with E-state index in [0.29, 0.717) is 6.54 Å². The van der Waals surface area contributed by atoms with Crippen molar-refractivity contribution in [3.05, 3.63) is 33.7 Å². The second-order valence-corrected chi connectivity index (χ2v) is 4.65. The lowest BCUT2D eigenvalue weighted by molar-refractivity contribution is 0.0288. The summed E-state index contributed by atoms with van der Waals surface area (Å²) >= 11 is 0. The highest BCUT2D eigenvalue weighted by Gasteiger charge is 2.14. The molecule has 1 amide bonds. The molecule has 0 aliphatic carbocycles. The van der Waals surface area contributed by atoms with Crippen LogP contribution in [-0.2, 0) is 0 Å². The van der Waals surface area contributed by atoms with Crippen molar-refractivity contribution < 1.29 is 15.2 Å². The Morgan fingerprint density at radius 1 is 1.24 bits per heavy atom. The summed E-state index contributed by atoms with van der Waals surface area (Å²) in [5, 5.41) is 41.9. The molecule has 0 radical (unpaired) electrons. The van der Waals surface area contributed by atoms with Gasteiger partial charge in [-0.2, -0.15) is 0 Å². The first-order valence-corrected chi connectivity index (χ1v) is 6.63. The van der Waals surface area contributed by atoms with Crippen LogP contribution in [0.5, 0.6) is 0 Å². The Morgan fingerprint density at radius 2 is 1.86 bits per heavy atom. The fraction of sp³-hybridized carbons (Fsp3) is 0.462. The monoisotopic (exact) mass is 297 g/mol. The third kappa shape index (κ3) is 4.57. The number of hydrogen-bond donors (Lipinski definition) is 3. The molecule has 0 aromatic heterocycles. The van der Waals surface area contributed by atoms with E-state index >= 15 is 0 Å². The minimum atomic E-state index is -0.670. The Hall–Kier alpha value is -1.87. The maximum atomic E-state index is 12.0. The van der Waals surface area contributed by atoms with E-state index in [-0.39, 0.29) is 27.7 Å². The highest BCUT2D eigenvalue weighted by Crippen LogP contribution is 2.29. The van der Waals surface area contributed by atoms with Gasteiger partial charge in [0.15, 0.2) is 0 Å². The third-order valence-corrected chi connectivity index (χ3v) is 3.09. The van der Waals surface area contributed by atoms with Crippen LogP contribution < -0.4 is 15.8 Å². The SMILES string of the molecule is CCCCCNC(=O)c1cc(N([O-])[O-])c(C)c(N(O)O)c1. The van der Waals surface area contributed by atoms with Crippen molar-refractivity contribution in [1.82, 2.24) is 5.32 Å². The van der Waals surface area contributed by atoms with Gasteiger partial charge in [-0.15, -0.1) is 5.23 Å². The molecule has 0 unspecified atom stereocenters. The van der Waals surface area contributed by atoms with Crippen LogP contribution in [-0.4, -0.2) is 22.9 Å². The summed E-state index contributed by atoms with van der Waals surface area (Å²) in [7, 11) is 0. The molecule has 1 rings (SSSR count). The van der Waals surface area contributed by atoms with E-state index in [0.717, 1.165) is 25.3 Å². The van der Waals surface area contributed by atoms with E-state index in [4.69, 9.17) is 10.4 Å². The Bertz CT molecular complexity index is 462. The Kier molecular flexibility index (Phi) is 6.38. The normalized spacial score (nSPS) is 10.4. The summed E-state index contributed by atoms with van der Waals surface area (Å²) in [6, 6.07) is 2.31. The number of anilines is 2. The number of benzene rings is 1. The molecule has 0 atom stereocenters. The van der Waals surface area contributed by atoms with E-state index in [1.165, 1.54) is 13.0 Å². The molecule has 8 nitrogen and oxygen atoms in total. The lowest BCUT2D eigenvalue weighted by atomic mass is 10.1. The number of rotatable bonds is 7. The Morgan fingerprint density at radius 3 is 2.38 bits per heavy atom. The molecule has 0 aliphatic rings. The number of amides is 1. The van der Waals surface area contributed by atoms with Crippen LogP contribution in [0.25, 0.3) is 0 Å². The summed E-state index contributed by atoms with van der Waals surface area (Å²) in [5.41, 5.74) is -0.485. The number of nitrogens with zero attached hydrogens (tertiary/aromatic N) is 2. The van der Waals surface area contributed by atoms with Gasteiger partial charge in [-0.25, -0.2) is 0 Å². The summed E-state index contributed by atoms with van der Waals surface area (Å²) < 4.78 is 0. The van der Waals surface area contributed by atoms with Gasteiger partial charge >= 0.3 is 0 Å². The van der Waals surface area contributed by atoms with Gasteiger partial charge in [0, 0.05) is 17.8 Å². The quantitative estimate of drug-likeness (QED) is 0.521. The van der Waals surface area contributed by atoms with Crippen LogP contribution in [0.15, 0.2) is 12.1 Å². The van der Waals surface area contributed by atoms with Crippen LogP contribution >= 0.6 is 0 Å². The zero-order valence-corrected chi connectivity index (χ0v) is 12.0. The van der Waals surface area contributed by atoms with Gasteiger partial charge in [0.1, 0.15) is 0 Å². The third-order valence-electron chi connectivity index (χ3n) is 3.09. The van der Waals surface area contributed by atoms with Gasteiger partial charge in [-0.1, -0.05) is 19.8 Å². The van der Waals surface area contributed by atoms with Crippen molar-refractivity contribution in [3.63, 3.8) is 0 Å². The van der Waals surface area contributed by atoms with Crippen LogP contribution in [0.2, 0.25) is 0 Å². The lowest BCUT2D eigenvalue weighted by Gasteiger charge is -2.39. The van der Waals surface area contributed by atoms with Gasteiger partial charge < -0.3 is 21.0 Å². The van der Waals surface area contributed by atoms with Crippen LogP contribution in [0, 0.1) is 17.3 Å². The molecule has 0 fully saturated rings. The highest BCUT2D eigenvalue weighted by molar-refractivity contribution is 5.97. The van der Waals surface area contributed by atoms with E-state index < -0.39 is 11.1 Å². The molecule has 3 N–H and O–H groups in total. The molecule has 21 heavy (non-hydrogen) atoms. The van der Waals surface area contributed by atoms with E-state index in [1.807, 2.05) is 6.92 Å². The molecule has 0 heterocycles. The van der Waals surface area contributed by atoms with Gasteiger partial charge in [0.25, 0.3) is 5.91 Å². The fourth-order valence-corrected chi connectivity index (χ4v) is 1.89. The number of hydrogen-bond acceptors (Lipinski definition) is 7. The number of nitrogens with one attached hydrogen (secondary N) is 1. The first-order valence-electron chi connectivity index (χ1n) is 6.63. The van der Waals surface area contributed by atoms with E-state index in [1.54, 1.807) is 0 Å². The van der Waals surface area contributed by atoms with Crippen molar-refractivity contribution in [1.29, 1.82) is 0 Å². The standard InChI is InChI=1S/C13H19N3O5/c1-3-4-5-6-14-13(17)10-7-11(15(18)19)9(2)12(8-10)16(20)21/h7-8,18-19H,3-6H2,1-2H3,(H,14,17)/q-2. The molecule has 0 bridgehead atoms. The predicted octanol–water partition coefficient (Wildman–Crippen LogP) is 2.30. The first kappa shape index (κ1) is 17.2. The zero-order chi connectivity index (χ0) is 16.0. The second kappa shape index (κ2) is 7.79. The van der Waals surface area contributed by atoms with E-state index in [9.17, 15) is 15.2 Å². The van der Waals surface area contributed by atoms with Crippen molar-refractivity contribution in [2.24, 2.45) is 0 Å². The number of carbonyl (C=O) groups excluding carboxylic acids is 1. The van der Waals surface area contributed by atoms with Gasteiger partial charge in [0.2, 0.25) is 0 Å². The summed E-state index contributed by atoms with van der Waals surface area (Å²) in [4.78, 5) is 12.0. The minimum absolute atomic E-state index is 0.00639. The summed E-state index contributed by atoms with van der Waals surface area (Å²) in [5.74, 6) is -0.489. The number of carbonyl (C=O) groups is 1. The number of unbranched alkanes of at least 4 members (excludes halogenated alkanes) is 2. The predicted molar refractivity (Wildman–Crippen MR) is 78.3 cm³/mol. The van der Waals surface area contributed by atoms with Crippen molar-refractivity contribution in [2.45, 2.75) is 33.1 Å². The zero-order valence-electron chi connectivity index (χ0n) is 12.0. The summed E-state index contributed by atoms with van der Waals surface area (Å²) in [6.07, 6.45) is 2.80. The Balaban J connectivity index is 2.98. The van der Waals surface area contributed by atoms with Gasteiger partial charge in [-0.3, -0.25) is 15.2 Å². The molecule has 1 aromatic rings. The molecule has 0 spiro atoms. The second-order valence-electron chi connectivity index (χ2n) is 4.65. The first-order chi connectivity index (χ1) is 9.88. The maximum Gasteiger partial charge on any atom is 0.251 e. The van der Waals surface area contributed by atoms with Gasteiger partial charge in [-0.05, 0) is 31.0 Å². The molecule has 0 saturated carbocycles. The molecule has 1 aromatic carbocycles. The molecular weight excluding hydrogens is 278 g/mol. The average molecular weight is 297 g/mol. The largest absolute Gasteiger partial charge is 0.769 e. The van der Waals surface area contributed by atoms with Crippen molar-refractivity contribution in [3.8, 4) is 0 Å². The van der Waals surface area contributed by atoms with Gasteiger partial charge in [0.05, 0.1) is 5.69 Å². The molecular formula is C13H19N3O5-2. The van der Waals surface area contributed by atoms with Crippen LogP contribution in [0.1, 0.15) is 42.1 Å². The fourth-order valence-electron chi connectivity index (χ4n) is 1.89. The van der Waals surface area contributed by atoms with Crippen LogP contribution in [0.4, 0.5) is 11.4 Å². The smallest absolute Gasteiger partial charge is 0.251 e. The molecule has 8 heteroatoms. The Labute approximate surface area is 122 Å². The van der Waals surface area contributed by atoms with Crippen LogP contribution in [0.3, 0.4) is 0 Å². The lowest BCUT2D eigenvalue weighted by Crippen LogP contribution is -2.25. The topological polar surface area (TPSA) is 122 Å².